The van der Waals surface area contributed by atoms with E-state index in [1.165, 1.54) is 0 Å². The van der Waals surface area contributed by atoms with Crippen LogP contribution in [0.2, 0.25) is 10.0 Å². The third kappa shape index (κ3) is 5.90. The summed E-state index contributed by atoms with van der Waals surface area (Å²) >= 11 is 12.6. The smallest absolute Gasteiger partial charge is 0.475 e. The van der Waals surface area contributed by atoms with Crippen LogP contribution in [-0.2, 0) is 17.9 Å². The van der Waals surface area contributed by atoms with Gasteiger partial charge in [0.1, 0.15) is 5.75 Å². The van der Waals surface area contributed by atoms with Gasteiger partial charge in [-0.3, -0.25) is 5.10 Å². The molecule has 0 aliphatic heterocycles. The van der Waals surface area contributed by atoms with Gasteiger partial charge >= 0.3 is 12.1 Å². The Bertz CT molecular complexity index is 1590. The Morgan fingerprint density at radius 2 is 1.95 bits per heavy atom. The van der Waals surface area contributed by atoms with Gasteiger partial charge in [0.05, 0.1) is 22.8 Å². The van der Waals surface area contributed by atoms with Crippen molar-refractivity contribution in [1.82, 2.24) is 30.2 Å². The molecule has 0 unspecified atom stereocenters. The lowest BCUT2D eigenvalue weighted by atomic mass is 10.2. The van der Waals surface area contributed by atoms with Gasteiger partial charge in [0, 0.05) is 23.2 Å². The van der Waals surface area contributed by atoms with Gasteiger partial charge in [0.25, 0.3) is 0 Å². The molecule has 0 bridgehead atoms. The average molecular weight is 554 g/mol. The number of carboxylic acid groups (broad SMARTS) is 1. The fourth-order valence-electron chi connectivity index (χ4n) is 3.29. The monoisotopic (exact) mass is 553 g/mol. The number of aromatic amines is 1. The van der Waals surface area contributed by atoms with Crippen molar-refractivity contribution in [2.45, 2.75) is 19.3 Å². The molecule has 3 aromatic heterocycles. The average Bonchev–Trinajstić information content (AvgIpc) is 3.45. The minimum atomic E-state index is -5.08. The molecule has 0 fully saturated rings. The summed E-state index contributed by atoms with van der Waals surface area (Å²) in [5.41, 5.74) is 9.41. The molecule has 10 nitrogen and oxygen atoms in total. The van der Waals surface area contributed by atoms with Crippen LogP contribution in [0.25, 0.3) is 22.1 Å². The van der Waals surface area contributed by atoms with Crippen molar-refractivity contribution in [2.24, 2.45) is 5.73 Å². The molecule has 4 N–H and O–H groups in total. The van der Waals surface area contributed by atoms with Crippen molar-refractivity contribution < 1.29 is 27.8 Å². The third-order valence-electron chi connectivity index (χ3n) is 4.94. The fourth-order valence-corrected chi connectivity index (χ4v) is 3.73. The van der Waals surface area contributed by atoms with Crippen molar-refractivity contribution in [3.8, 4) is 11.5 Å². The van der Waals surface area contributed by atoms with Gasteiger partial charge in [-0.2, -0.15) is 18.3 Å². The van der Waals surface area contributed by atoms with E-state index in [9.17, 15) is 13.2 Å². The number of nitrogens with zero attached hydrogens (tertiary/aromatic N) is 5. The van der Waals surface area contributed by atoms with Crippen molar-refractivity contribution in [3.63, 3.8) is 0 Å². The molecule has 2 aromatic carbocycles. The summed E-state index contributed by atoms with van der Waals surface area (Å²) in [5, 5.41) is 24.9. The highest BCUT2D eigenvalue weighted by atomic mass is 35.5. The topological polar surface area (TPSA) is 145 Å². The third-order valence-corrected chi connectivity index (χ3v) is 5.45. The summed E-state index contributed by atoms with van der Waals surface area (Å²) in [6.45, 7) is 0.759. The number of carbonyl (C=O) groups is 1. The lowest BCUT2D eigenvalue weighted by molar-refractivity contribution is -0.192. The zero-order chi connectivity index (χ0) is 26.7. The van der Waals surface area contributed by atoms with Crippen LogP contribution in [0.5, 0.6) is 11.5 Å². The van der Waals surface area contributed by atoms with Crippen molar-refractivity contribution in [2.75, 3.05) is 0 Å². The molecule has 0 aliphatic carbocycles. The van der Waals surface area contributed by atoms with E-state index in [-0.39, 0.29) is 0 Å². The van der Waals surface area contributed by atoms with Crippen LogP contribution >= 0.6 is 23.2 Å². The number of hydrogen-bond acceptors (Lipinski definition) is 7. The minimum Gasteiger partial charge on any atom is -0.475 e. The number of rotatable bonds is 5. The largest absolute Gasteiger partial charge is 0.490 e. The number of carboxylic acids is 1. The highest BCUT2D eigenvalue weighted by Crippen LogP contribution is 2.36. The summed E-state index contributed by atoms with van der Waals surface area (Å²) in [7, 11) is 0. The second-order valence-electron chi connectivity index (χ2n) is 7.47. The van der Waals surface area contributed by atoms with Gasteiger partial charge in [0.15, 0.2) is 16.9 Å². The van der Waals surface area contributed by atoms with Gasteiger partial charge in [-0.1, -0.05) is 28.4 Å². The highest BCUT2D eigenvalue weighted by molar-refractivity contribution is 6.33. The quantitative estimate of drug-likeness (QED) is 0.277. The molecule has 5 rings (SSSR count). The predicted octanol–water partition coefficient (Wildman–Crippen LogP) is 4.94. The van der Waals surface area contributed by atoms with E-state index in [1.807, 2.05) is 24.3 Å². The molecule has 5 aromatic rings. The summed E-state index contributed by atoms with van der Waals surface area (Å²) in [5.74, 6) is -1.83. The molecule has 0 saturated heterocycles. The number of pyridine rings is 1. The van der Waals surface area contributed by atoms with E-state index < -0.39 is 12.1 Å². The van der Waals surface area contributed by atoms with E-state index in [4.69, 9.17) is 43.6 Å². The molecule has 3 heterocycles. The second-order valence-corrected chi connectivity index (χ2v) is 8.31. The van der Waals surface area contributed by atoms with Crippen LogP contribution in [0.3, 0.4) is 0 Å². The number of fused-ring (bicyclic) bond motifs is 2. The van der Waals surface area contributed by atoms with E-state index in [0.717, 1.165) is 27.8 Å². The Morgan fingerprint density at radius 3 is 2.65 bits per heavy atom. The molecule has 0 amide bonds. The molecule has 0 aliphatic rings. The number of benzene rings is 2. The van der Waals surface area contributed by atoms with Gasteiger partial charge in [-0.05, 0) is 48.0 Å². The number of nitrogens with two attached hydrogens (primary N) is 1. The summed E-state index contributed by atoms with van der Waals surface area (Å²) < 4.78 is 39.5. The maximum Gasteiger partial charge on any atom is 0.490 e. The number of alkyl halides is 3. The van der Waals surface area contributed by atoms with E-state index in [0.29, 0.717) is 40.2 Å². The number of H-pyrrole nitrogens is 1. The first-order chi connectivity index (χ1) is 17.6. The predicted molar refractivity (Wildman–Crippen MR) is 129 cm³/mol. The van der Waals surface area contributed by atoms with Gasteiger partial charge in [-0.25, -0.2) is 14.5 Å². The first-order valence-electron chi connectivity index (χ1n) is 10.3. The molecule has 0 radical (unpaired) electrons. The SMILES string of the molecule is NCc1cc(Cl)cc(Oc2c(Cl)ccc3c2nnn3Cc2n[nH]c3ncccc23)c1.O=C(O)C(F)(F)F. The maximum absolute atomic E-state index is 10.6. The van der Waals surface area contributed by atoms with Crippen LogP contribution in [0, 0.1) is 0 Å². The lowest BCUT2D eigenvalue weighted by Crippen LogP contribution is -2.21. The molecule has 0 saturated carbocycles. The summed E-state index contributed by atoms with van der Waals surface area (Å²) in [4.78, 5) is 13.2. The molecule has 0 spiro atoms. The van der Waals surface area contributed by atoms with Gasteiger partial charge in [0.2, 0.25) is 0 Å². The fraction of sp³-hybridized carbons (Fsp3) is 0.136. The Kier molecular flexibility index (Phi) is 7.47. The first-order valence-corrected chi connectivity index (χ1v) is 11.1. The number of aliphatic carboxylic acids is 1. The molecule has 37 heavy (non-hydrogen) atoms. The standard InChI is InChI=1S/C20H15Cl2N7O.C2HF3O2/c21-12-6-11(9-23)7-13(8-12)30-19-15(22)3-4-17-18(19)26-28-29(17)10-16-14-2-1-5-24-20(14)27-25-16;3-2(4,5)1(6)7/h1-8H,9-10,23H2,(H,24,25,27);(H,6,7). The van der Waals surface area contributed by atoms with Crippen LogP contribution in [0.1, 0.15) is 11.3 Å². The van der Waals surface area contributed by atoms with E-state index in [1.54, 1.807) is 29.1 Å². The maximum atomic E-state index is 10.6. The highest BCUT2D eigenvalue weighted by Gasteiger charge is 2.38. The van der Waals surface area contributed by atoms with Gasteiger partial charge in [-0.15, -0.1) is 5.10 Å². The number of halogens is 5. The molecule has 0 atom stereocenters. The zero-order valence-electron chi connectivity index (χ0n) is 18.5. The minimum absolute atomic E-state index is 0.345. The Hall–Kier alpha value is -3.94. The molecular formula is C22H16Cl2F3N7O3. The van der Waals surface area contributed by atoms with Gasteiger partial charge < -0.3 is 15.6 Å². The van der Waals surface area contributed by atoms with Crippen LogP contribution in [0.15, 0.2) is 48.7 Å². The van der Waals surface area contributed by atoms with Crippen molar-refractivity contribution in [3.05, 3.63) is 70.0 Å². The van der Waals surface area contributed by atoms with Crippen LogP contribution in [-0.4, -0.2) is 47.4 Å². The van der Waals surface area contributed by atoms with E-state index in [2.05, 4.69) is 25.5 Å². The van der Waals surface area contributed by atoms with Crippen LogP contribution < -0.4 is 10.5 Å². The normalized spacial score (nSPS) is 11.4. The molecular weight excluding hydrogens is 538 g/mol. The number of hydrogen-bond donors (Lipinski definition) is 3. The van der Waals surface area contributed by atoms with Crippen molar-refractivity contribution in [1.29, 1.82) is 0 Å². The lowest BCUT2D eigenvalue weighted by Gasteiger charge is -2.10. The number of aromatic nitrogens is 6. The molecule has 15 heteroatoms. The summed E-state index contributed by atoms with van der Waals surface area (Å²) in [6.07, 6.45) is -3.37. The first kappa shape index (κ1) is 26.1. The Morgan fingerprint density at radius 1 is 1.19 bits per heavy atom. The number of nitrogens with one attached hydrogen (secondary N) is 1. The van der Waals surface area contributed by atoms with Crippen LogP contribution in [0.4, 0.5) is 13.2 Å². The number of ether oxygens (including phenoxy) is 1. The zero-order valence-corrected chi connectivity index (χ0v) is 20.0. The Labute approximate surface area is 215 Å². The second kappa shape index (κ2) is 10.6. The van der Waals surface area contributed by atoms with Crippen molar-refractivity contribution >= 4 is 51.2 Å². The summed E-state index contributed by atoms with van der Waals surface area (Å²) in [6, 6.07) is 12.7. The van der Waals surface area contributed by atoms with E-state index >= 15 is 0 Å². The molecule has 192 valence electrons. The Balaban J connectivity index is 0.000000405.